The summed E-state index contributed by atoms with van der Waals surface area (Å²) < 4.78 is 5.40. The van der Waals surface area contributed by atoms with E-state index in [1.165, 1.54) is 7.11 Å². The van der Waals surface area contributed by atoms with Gasteiger partial charge < -0.3 is 4.74 Å². The highest BCUT2D eigenvalue weighted by atomic mass is 16.5. The summed E-state index contributed by atoms with van der Waals surface area (Å²) in [6.45, 7) is 6.26. The van der Waals surface area contributed by atoms with E-state index in [2.05, 4.69) is 32.9 Å². The summed E-state index contributed by atoms with van der Waals surface area (Å²) in [4.78, 5) is 18.8. The molecule has 0 saturated carbocycles. The summed E-state index contributed by atoms with van der Waals surface area (Å²) in [6.07, 6.45) is 1.37. The van der Waals surface area contributed by atoms with Crippen molar-refractivity contribution in [3.8, 4) is 0 Å². The van der Waals surface area contributed by atoms with Gasteiger partial charge in [-0.25, -0.2) is 4.79 Å². The largest absolute Gasteiger partial charge is 0.467 e. The summed E-state index contributed by atoms with van der Waals surface area (Å²) in [5.41, 5.74) is 2.12. The first-order chi connectivity index (χ1) is 15.0. The smallest absolute Gasteiger partial charge is 0.334 e. The molecule has 0 radical (unpaired) electrons. The number of carbonyl (C=O) groups excluding carboxylic acids is 1. The Kier molecular flexibility index (Phi) is 7.06. The van der Waals surface area contributed by atoms with Crippen LogP contribution in [0.5, 0.6) is 0 Å². The molecule has 0 amide bonds. The summed E-state index contributed by atoms with van der Waals surface area (Å²) >= 11 is 0. The Morgan fingerprint density at radius 2 is 1.26 bits per heavy atom. The molecule has 3 nitrogen and oxygen atoms in total. The average Bonchev–Trinajstić information content (AvgIpc) is 2.82. The number of methoxy groups -OCH3 is 1. The zero-order chi connectivity index (χ0) is 22.3. The average molecular weight is 414 g/mol. The van der Waals surface area contributed by atoms with Gasteiger partial charge in [0, 0.05) is 16.5 Å². The molecule has 0 fully saturated rings. The van der Waals surface area contributed by atoms with Crippen molar-refractivity contribution in [2.75, 3.05) is 7.11 Å². The van der Waals surface area contributed by atoms with Crippen molar-refractivity contribution < 1.29 is 9.53 Å². The lowest BCUT2D eigenvalue weighted by molar-refractivity contribution is -0.150. The molecule has 0 aliphatic rings. The van der Waals surface area contributed by atoms with Gasteiger partial charge >= 0.3 is 5.97 Å². The van der Waals surface area contributed by atoms with Crippen LogP contribution in [0.2, 0.25) is 0 Å². The number of ether oxygens (including phenoxy) is 1. The Morgan fingerprint density at radius 1 is 0.806 bits per heavy atom. The molecule has 0 saturated heterocycles. The van der Waals surface area contributed by atoms with E-state index in [1.807, 2.05) is 78.9 Å². The highest BCUT2D eigenvalue weighted by Crippen LogP contribution is 2.43. The monoisotopic (exact) mass is 413 g/mol. The van der Waals surface area contributed by atoms with E-state index in [1.54, 1.807) is 0 Å². The summed E-state index contributed by atoms with van der Waals surface area (Å²) in [7, 11) is 1.45. The number of benzene rings is 3. The number of carbonyl (C=O) groups is 1. The van der Waals surface area contributed by atoms with Crippen LogP contribution in [0.1, 0.15) is 50.3 Å². The first kappa shape index (κ1) is 22.5. The first-order valence-electron chi connectivity index (χ1n) is 10.8. The van der Waals surface area contributed by atoms with Crippen LogP contribution in [-0.4, -0.2) is 24.3 Å². The molecule has 1 unspecified atom stereocenters. The molecular formula is C28H31NO2. The second-order valence-electron chi connectivity index (χ2n) is 8.29. The van der Waals surface area contributed by atoms with Gasteiger partial charge in [-0.05, 0) is 12.0 Å². The van der Waals surface area contributed by atoms with Crippen LogP contribution < -0.4 is 0 Å². The molecule has 0 spiro atoms. The fraction of sp³-hybridized carbons (Fsp3) is 0.286. The zero-order valence-corrected chi connectivity index (χ0v) is 18.8. The Balaban J connectivity index is 2.34. The van der Waals surface area contributed by atoms with Crippen LogP contribution in [0.25, 0.3) is 0 Å². The standard InChI is InChI=1S/C28H31NO2/c1-5-21-28(26(30)31-4,27(2,3)24-19-13-8-14-20-24)29-25(22-15-9-6-10-16-22)23-17-11-7-12-18-23/h6-20H,5,21H2,1-4H3. The molecule has 0 aromatic heterocycles. The Hall–Kier alpha value is -3.20. The topological polar surface area (TPSA) is 38.7 Å². The molecule has 31 heavy (non-hydrogen) atoms. The second-order valence-corrected chi connectivity index (χ2v) is 8.29. The molecule has 1 atom stereocenters. The van der Waals surface area contributed by atoms with E-state index >= 15 is 0 Å². The number of hydrogen-bond acceptors (Lipinski definition) is 3. The van der Waals surface area contributed by atoms with E-state index in [0.29, 0.717) is 6.42 Å². The predicted octanol–water partition coefficient (Wildman–Crippen LogP) is 6.21. The third-order valence-electron chi connectivity index (χ3n) is 6.06. The Labute approximate surface area is 185 Å². The van der Waals surface area contributed by atoms with E-state index in [-0.39, 0.29) is 5.97 Å². The van der Waals surface area contributed by atoms with Crippen LogP contribution >= 0.6 is 0 Å². The lowest BCUT2D eigenvalue weighted by Gasteiger charge is -2.42. The van der Waals surface area contributed by atoms with Gasteiger partial charge in [-0.15, -0.1) is 0 Å². The molecule has 0 aliphatic heterocycles. The maximum absolute atomic E-state index is 13.5. The number of rotatable bonds is 8. The summed E-state index contributed by atoms with van der Waals surface area (Å²) in [5, 5.41) is 0. The lowest BCUT2D eigenvalue weighted by atomic mass is 9.65. The van der Waals surface area contributed by atoms with Crippen molar-refractivity contribution in [1.82, 2.24) is 0 Å². The van der Waals surface area contributed by atoms with Gasteiger partial charge in [-0.2, -0.15) is 0 Å². The maximum atomic E-state index is 13.5. The van der Waals surface area contributed by atoms with Crippen LogP contribution in [0.3, 0.4) is 0 Å². The zero-order valence-electron chi connectivity index (χ0n) is 18.8. The van der Waals surface area contributed by atoms with Crippen molar-refractivity contribution in [2.45, 2.75) is 44.6 Å². The highest BCUT2D eigenvalue weighted by Gasteiger charge is 2.52. The predicted molar refractivity (Wildman–Crippen MR) is 128 cm³/mol. The third-order valence-corrected chi connectivity index (χ3v) is 6.06. The van der Waals surface area contributed by atoms with Crippen LogP contribution in [0.4, 0.5) is 0 Å². The van der Waals surface area contributed by atoms with Gasteiger partial charge in [0.15, 0.2) is 5.54 Å². The second kappa shape index (κ2) is 9.74. The number of aliphatic imine (C=N–C) groups is 1. The van der Waals surface area contributed by atoms with E-state index in [4.69, 9.17) is 9.73 Å². The normalized spacial score (nSPS) is 13.2. The summed E-state index contributed by atoms with van der Waals surface area (Å²) in [6, 6.07) is 30.2. The van der Waals surface area contributed by atoms with E-state index < -0.39 is 11.0 Å². The summed E-state index contributed by atoms with van der Waals surface area (Å²) in [5.74, 6) is -0.312. The number of hydrogen-bond donors (Lipinski definition) is 0. The molecule has 3 rings (SSSR count). The molecule has 0 bridgehead atoms. The van der Waals surface area contributed by atoms with Crippen LogP contribution in [0, 0.1) is 0 Å². The van der Waals surface area contributed by atoms with Crippen molar-refractivity contribution in [2.24, 2.45) is 4.99 Å². The number of esters is 1. The maximum Gasteiger partial charge on any atom is 0.334 e. The minimum atomic E-state index is -1.08. The minimum absolute atomic E-state index is 0.312. The quantitative estimate of drug-likeness (QED) is 0.325. The van der Waals surface area contributed by atoms with Crippen molar-refractivity contribution in [3.63, 3.8) is 0 Å². The Bertz CT molecular complexity index is 969. The Morgan fingerprint density at radius 3 is 1.68 bits per heavy atom. The molecular weight excluding hydrogens is 382 g/mol. The fourth-order valence-electron chi connectivity index (χ4n) is 4.21. The van der Waals surface area contributed by atoms with Crippen LogP contribution in [0.15, 0.2) is 96.0 Å². The lowest BCUT2D eigenvalue weighted by Crippen LogP contribution is -2.54. The van der Waals surface area contributed by atoms with Gasteiger partial charge in [0.05, 0.1) is 12.8 Å². The molecule has 0 aliphatic carbocycles. The van der Waals surface area contributed by atoms with Gasteiger partial charge in [0.25, 0.3) is 0 Å². The minimum Gasteiger partial charge on any atom is -0.467 e. The van der Waals surface area contributed by atoms with E-state index in [0.717, 1.165) is 28.8 Å². The third kappa shape index (κ3) is 4.46. The first-order valence-corrected chi connectivity index (χ1v) is 10.8. The molecule has 0 N–H and O–H groups in total. The number of nitrogens with zero attached hydrogens (tertiary/aromatic N) is 1. The van der Waals surface area contributed by atoms with Crippen molar-refractivity contribution >= 4 is 11.7 Å². The SMILES string of the molecule is CCCC(N=C(c1ccccc1)c1ccccc1)(C(=O)OC)C(C)(C)c1ccccc1. The van der Waals surface area contributed by atoms with Gasteiger partial charge in [-0.3, -0.25) is 4.99 Å². The van der Waals surface area contributed by atoms with Crippen molar-refractivity contribution in [1.29, 1.82) is 0 Å². The molecule has 3 heteroatoms. The molecule has 3 aromatic carbocycles. The van der Waals surface area contributed by atoms with Gasteiger partial charge in [-0.1, -0.05) is 118 Å². The van der Waals surface area contributed by atoms with Crippen molar-refractivity contribution in [3.05, 3.63) is 108 Å². The van der Waals surface area contributed by atoms with E-state index in [9.17, 15) is 4.79 Å². The fourth-order valence-corrected chi connectivity index (χ4v) is 4.21. The highest BCUT2D eigenvalue weighted by molar-refractivity contribution is 6.14. The van der Waals surface area contributed by atoms with Gasteiger partial charge in [0.2, 0.25) is 0 Å². The molecule has 0 heterocycles. The van der Waals surface area contributed by atoms with Gasteiger partial charge in [0.1, 0.15) is 0 Å². The molecule has 160 valence electrons. The van der Waals surface area contributed by atoms with Crippen LogP contribution in [-0.2, 0) is 14.9 Å². The molecule has 3 aromatic rings.